The molecule has 3 heterocycles. The van der Waals surface area contributed by atoms with E-state index in [1.54, 1.807) is 7.11 Å². The average Bonchev–Trinajstić information content (AvgIpc) is 2.90. The zero-order valence-electron chi connectivity index (χ0n) is 15.9. The molecule has 0 unspecified atom stereocenters. The quantitative estimate of drug-likeness (QED) is 0.726. The number of imidazole rings is 1. The lowest BCUT2D eigenvalue weighted by atomic mass is 10.2. The zero-order chi connectivity index (χ0) is 19.5. The Labute approximate surface area is 162 Å². The highest BCUT2D eigenvalue weighted by Crippen LogP contribution is 2.18. The summed E-state index contributed by atoms with van der Waals surface area (Å²) in [5.74, 6) is 1.39. The fourth-order valence-electron chi connectivity index (χ4n) is 3.54. The maximum atomic E-state index is 12.8. The number of carbonyl (C=O) groups is 1. The Balaban J connectivity index is 1.49. The third-order valence-electron chi connectivity index (χ3n) is 5.02. The van der Waals surface area contributed by atoms with Gasteiger partial charge in [0.1, 0.15) is 24.4 Å². The Morgan fingerprint density at radius 1 is 1.29 bits per heavy atom. The minimum absolute atomic E-state index is 0.0894. The van der Waals surface area contributed by atoms with Crippen LogP contribution in [-0.4, -0.2) is 32.1 Å². The third kappa shape index (κ3) is 3.62. The number of carbonyl (C=O) groups excluding carboxylic acids is 1. The number of hydrogen-bond donors (Lipinski definition) is 1. The Hall–Kier alpha value is -3.16. The van der Waals surface area contributed by atoms with Crippen LogP contribution in [0.3, 0.4) is 0 Å². The number of benzene rings is 1. The molecule has 0 atom stereocenters. The second-order valence-corrected chi connectivity index (χ2v) is 6.97. The van der Waals surface area contributed by atoms with E-state index in [1.807, 2.05) is 28.8 Å². The Morgan fingerprint density at radius 2 is 2.18 bits per heavy atom. The second kappa shape index (κ2) is 7.84. The van der Waals surface area contributed by atoms with E-state index in [0.29, 0.717) is 17.7 Å². The van der Waals surface area contributed by atoms with E-state index >= 15 is 0 Å². The van der Waals surface area contributed by atoms with Gasteiger partial charge >= 0.3 is 0 Å². The molecule has 8 heteroatoms. The van der Waals surface area contributed by atoms with Crippen molar-refractivity contribution in [2.24, 2.45) is 0 Å². The molecule has 0 fully saturated rings. The molecule has 146 valence electrons. The van der Waals surface area contributed by atoms with Crippen molar-refractivity contribution in [2.45, 2.75) is 45.3 Å². The van der Waals surface area contributed by atoms with Crippen molar-refractivity contribution in [3.05, 3.63) is 52.3 Å². The minimum atomic E-state index is -0.276. The van der Waals surface area contributed by atoms with Crippen LogP contribution < -0.4 is 15.6 Å². The van der Waals surface area contributed by atoms with Gasteiger partial charge < -0.3 is 14.6 Å². The van der Waals surface area contributed by atoms with Gasteiger partial charge in [-0.05, 0) is 30.5 Å². The lowest BCUT2D eigenvalue weighted by Gasteiger charge is -2.08. The number of hydrogen-bond acceptors (Lipinski definition) is 5. The van der Waals surface area contributed by atoms with Gasteiger partial charge in [0.25, 0.3) is 5.56 Å². The molecule has 4 rings (SSSR count). The summed E-state index contributed by atoms with van der Waals surface area (Å²) in [6.07, 6.45) is 5.60. The molecule has 0 bridgehead atoms. The number of methoxy groups -OCH3 is 1. The van der Waals surface area contributed by atoms with Crippen LogP contribution in [0.15, 0.2) is 35.4 Å². The number of nitrogens with one attached hydrogen (secondary N) is 1. The van der Waals surface area contributed by atoms with Crippen molar-refractivity contribution in [3.63, 3.8) is 0 Å². The maximum absolute atomic E-state index is 12.8. The highest BCUT2D eigenvalue weighted by atomic mass is 16.5. The number of fused-ring (bicyclic) bond motifs is 3. The molecule has 1 aliphatic rings. The normalized spacial score (nSPS) is 13.8. The highest BCUT2D eigenvalue weighted by molar-refractivity contribution is 5.76. The fraction of sp³-hybridized carbons (Fsp3) is 0.400. The van der Waals surface area contributed by atoms with Crippen molar-refractivity contribution in [3.8, 4) is 5.75 Å². The van der Waals surface area contributed by atoms with Gasteiger partial charge in [-0.1, -0.05) is 18.6 Å². The maximum Gasteiger partial charge on any atom is 0.282 e. The van der Waals surface area contributed by atoms with Crippen LogP contribution in [-0.2, 0) is 30.8 Å². The van der Waals surface area contributed by atoms with E-state index in [1.165, 1.54) is 10.9 Å². The zero-order valence-corrected chi connectivity index (χ0v) is 15.9. The first-order chi connectivity index (χ1) is 13.7. The van der Waals surface area contributed by atoms with Gasteiger partial charge in [0.05, 0.1) is 7.11 Å². The van der Waals surface area contributed by atoms with Gasteiger partial charge in [0.2, 0.25) is 5.91 Å². The van der Waals surface area contributed by atoms with E-state index in [9.17, 15) is 9.59 Å². The van der Waals surface area contributed by atoms with E-state index < -0.39 is 0 Å². The minimum Gasteiger partial charge on any atom is -0.497 e. The van der Waals surface area contributed by atoms with Gasteiger partial charge in [-0.2, -0.15) is 0 Å². The van der Waals surface area contributed by atoms with E-state index in [2.05, 4.69) is 15.3 Å². The highest BCUT2D eigenvalue weighted by Gasteiger charge is 2.18. The van der Waals surface area contributed by atoms with Crippen LogP contribution in [0.5, 0.6) is 5.75 Å². The van der Waals surface area contributed by atoms with Gasteiger partial charge in [-0.3, -0.25) is 14.2 Å². The molecule has 3 aromatic rings. The molecule has 0 saturated carbocycles. The first-order valence-corrected chi connectivity index (χ1v) is 9.50. The van der Waals surface area contributed by atoms with Gasteiger partial charge in [-0.25, -0.2) is 9.97 Å². The molecule has 1 N–H and O–H groups in total. The molecule has 0 spiro atoms. The number of rotatable bonds is 5. The monoisotopic (exact) mass is 381 g/mol. The molecule has 0 aliphatic carbocycles. The van der Waals surface area contributed by atoms with Crippen molar-refractivity contribution in [1.82, 2.24) is 24.4 Å². The van der Waals surface area contributed by atoms with Crippen molar-refractivity contribution < 1.29 is 9.53 Å². The van der Waals surface area contributed by atoms with Gasteiger partial charge in [0, 0.05) is 19.5 Å². The molecule has 0 radical (unpaired) electrons. The third-order valence-corrected chi connectivity index (χ3v) is 5.02. The van der Waals surface area contributed by atoms with Gasteiger partial charge in [-0.15, -0.1) is 0 Å². The number of aromatic nitrogens is 4. The molecule has 0 saturated heterocycles. The molecule has 8 nitrogen and oxygen atoms in total. The van der Waals surface area contributed by atoms with Crippen LogP contribution in [0.2, 0.25) is 0 Å². The molecule has 1 amide bonds. The molecular formula is C20H23N5O3. The largest absolute Gasteiger partial charge is 0.497 e. The summed E-state index contributed by atoms with van der Waals surface area (Å²) in [5, 5.41) is 2.82. The Morgan fingerprint density at radius 3 is 3.04 bits per heavy atom. The summed E-state index contributed by atoms with van der Waals surface area (Å²) in [5.41, 5.74) is 1.61. The lowest BCUT2D eigenvalue weighted by molar-refractivity contribution is -0.121. The molecule has 1 aliphatic heterocycles. The van der Waals surface area contributed by atoms with Crippen molar-refractivity contribution in [1.29, 1.82) is 0 Å². The smallest absolute Gasteiger partial charge is 0.282 e. The average molecular weight is 381 g/mol. The van der Waals surface area contributed by atoms with Crippen LogP contribution in [0, 0.1) is 0 Å². The van der Waals surface area contributed by atoms with E-state index in [4.69, 9.17) is 4.74 Å². The molecule has 1 aromatic carbocycles. The first-order valence-electron chi connectivity index (χ1n) is 9.50. The summed E-state index contributed by atoms with van der Waals surface area (Å²) in [7, 11) is 1.60. The summed E-state index contributed by atoms with van der Waals surface area (Å²) in [6, 6.07) is 7.47. The van der Waals surface area contributed by atoms with Crippen molar-refractivity contribution >= 4 is 17.1 Å². The molecule has 28 heavy (non-hydrogen) atoms. The summed E-state index contributed by atoms with van der Waals surface area (Å²) in [4.78, 5) is 34.0. The van der Waals surface area contributed by atoms with E-state index in [-0.39, 0.29) is 18.0 Å². The van der Waals surface area contributed by atoms with Crippen molar-refractivity contribution in [2.75, 3.05) is 7.11 Å². The number of aryl methyl sites for hydroxylation is 2. The van der Waals surface area contributed by atoms with Crippen LogP contribution in [0.25, 0.3) is 11.2 Å². The van der Waals surface area contributed by atoms with Crippen LogP contribution in [0.4, 0.5) is 0 Å². The van der Waals surface area contributed by atoms with E-state index in [0.717, 1.165) is 49.4 Å². The standard InChI is InChI=1S/C20H23N5O3/c1-28-15-7-5-6-14(10-15)11-21-17(26)12-24-13-22-19-18(20(24)27)23-16-8-3-2-4-9-25(16)19/h5-7,10,13H,2-4,8-9,11-12H2,1H3,(H,21,26). The number of amides is 1. The summed E-state index contributed by atoms with van der Waals surface area (Å²) < 4.78 is 8.54. The van der Waals surface area contributed by atoms with Crippen LogP contribution in [0.1, 0.15) is 30.7 Å². The second-order valence-electron chi connectivity index (χ2n) is 6.97. The number of ether oxygens (including phenoxy) is 1. The first kappa shape index (κ1) is 18.2. The SMILES string of the molecule is COc1cccc(CNC(=O)Cn2cnc3c(nc4n3CCCCC4)c2=O)c1. The number of nitrogens with zero attached hydrogens (tertiary/aromatic N) is 4. The molecule has 2 aromatic heterocycles. The summed E-state index contributed by atoms with van der Waals surface area (Å²) in [6.45, 7) is 1.11. The Bertz CT molecular complexity index is 1070. The van der Waals surface area contributed by atoms with Gasteiger partial charge in [0.15, 0.2) is 11.2 Å². The fourth-order valence-corrected chi connectivity index (χ4v) is 3.54. The lowest BCUT2D eigenvalue weighted by Crippen LogP contribution is -2.32. The predicted molar refractivity (Wildman–Crippen MR) is 104 cm³/mol. The predicted octanol–water partition coefficient (Wildman–Crippen LogP) is 1.64. The topological polar surface area (TPSA) is 91.0 Å². The molecular weight excluding hydrogens is 358 g/mol. The summed E-state index contributed by atoms with van der Waals surface area (Å²) >= 11 is 0. The Kier molecular flexibility index (Phi) is 5.10. The van der Waals surface area contributed by atoms with Crippen LogP contribution >= 0.6 is 0 Å².